The van der Waals surface area contributed by atoms with E-state index in [0.29, 0.717) is 12.3 Å². The number of aliphatic imine (C=N–C) groups is 1. The first-order chi connectivity index (χ1) is 10.1. The summed E-state index contributed by atoms with van der Waals surface area (Å²) in [5.74, 6) is 2.38. The molecule has 1 aliphatic rings. The van der Waals surface area contributed by atoms with Gasteiger partial charge in [0, 0.05) is 26.1 Å². The number of furan rings is 1. The lowest BCUT2D eigenvalue weighted by atomic mass is 10.1. The molecule has 0 amide bonds. The Kier molecular flexibility index (Phi) is 5.67. The van der Waals surface area contributed by atoms with Gasteiger partial charge in [-0.25, -0.2) is 8.42 Å². The monoisotopic (exact) mass is 313 g/mol. The summed E-state index contributed by atoms with van der Waals surface area (Å²) in [6.07, 6.45) is 3.17. The Morgan fingerprint density at radius 2 is 2.33 bits per heavy atom. The molecule has 1 unspecified atom stereocenters. The summed E-state index contributed by atoms with van der Waals surface area (Å²) in [6, 6.07) is 3.81. The van der Waals surface area contributed by atoms with Crippen LogP contribution in [0.4, 0.5) is 0 Å². The first-order valence-corrected chi connectivity index (χ1v) is 9.16. The highest BCUT2D eigenvalue weighted by atomic mass is 32.2. The van der Waals surface area contributed by atoms with Crippen LogP contribution in [-0.4, -0.2) is 45.5 Å². The number of nitrogens with one attached hydrogen (secondary N) is 2. The minimum absolute atomic E-state index is 0.149. The maximum atomic E-state index is 11.4. The van der Waals surface area contributed by atoms with Crippen molar-refractivity contribution in [2.45, 2.75) is 19.8 Å². The van der Waals surface area contributed by atoms with Gasteiger partial charge in [-0.1, -0.05) is 0 Å². The highest BCUT2D eigenvalue weighted by Crippen LogP contribution is 2.18. The van der Waals surface area contributed by atoms with Crippen LogP contribution in [0.15, 0.2) is 27.8 Å². The molecule has 1 aromatic heterocycles. The predicted molar refractivity (Wildman–Crippen MR) is 83.2 cm³/mol. The molecule has 0 aliphatic carbocycles. The fourth-order valence-electron chi connectivity index (χ4n) is 2.34. The normalized spacial score (nSPS) is 21.4. The maximum absolute atomic E-state index is 11.4. The van der Waals surface area contributed by atoms with E-state index in [1.54, 1.807) is 6.26 Å². The van der Waals surface area contributed by atoms with E-state index in [1.807, 2.05) is 19.1 Å². The summed E-state index contributed by atoms with van der Waals surface area (Å²) >= 11 is 0. The van der Waals surface area contributed by atoms with Gasteiger partial charge in [-0.05, 0) is 31.4 Å². The molecule has 2 heterocycles. The molecule has 1 fully saturated rings. The van der Waals surface area contributed by atoms with Gasteiger partial charge in [-0.15, -0.1) is 0 Å². The van der Waals surface area contributed by atoms with Gasteiger partial charge in [-0.3, -0.25) is 4.99 Å². The van der Waals surface area contributed by atoms with Gasteiger partial charge < -0.3 is 15.1 Å². The molecular weight excluding hydrogens is 290 g/mol. The van der Waals surface area contributed by atoms with Crippen molar-refractivity contribution in [3.63, 3.8) is 0 Å². The van der Waals surface area contributed by atoms with E-state index in [2.05, 4.69) is 15.6 Å². The number of sulfone groups is 1. The number of hydrogen-bond donors (Lipinski definition) is 2. The fourth-order valence-corrected chi connectivity index (χ4v) is 4.19. The van der Waals surface area contributed by atoms with Gasteiger partial charge in [0.1, 0.15) is 5.76 Å². The Labute approximate surface area is 125 Å². The second kappa shape index (κ2) is 7.49. The van der Waals surface area contributed by atoms with Crippen molar-refractivity contribution in [1.82, 2.24) is 10.6 Å². The highest BCUT2D eigenvalue weighted by molar-refractivity contribution is 7.91. The summed E-state index contributed by atoms with van der Waals surface area (Å²) in [5, 5.41) is 6.40. The Hall–Kier alpha value is -1.50. The second-order valence-corrected chi connectivity index (χ2v) is 7.47. The van der Waals surface area contributed by atoms with Crippen molar-refractivity contribution in [2.24, 2.45) is 10.9 Å². The average molecular weight is 313 g/mol. The Bertz CT molecular complexity index is 552. The van der Waals surface area contributed by atoms with Crippen molar-refractivity contribution < 1.29 is 12.8 Å². The van der Waals surface area contributed by atoms with Gasteiger partial charge >= 0.3 is 0 Å². The van der Waals surface area contributed by atoms with Crippen LogP contribution in [0.3, 0.4) is 0 Å². The largest absolute Gasteiger partial charge is 0.469 e. The minimum Gasteiger partial charge on any atom is -0.469 e. The van der Waals surface area contributed by atoms with Crippen molar-refractivity contribution in [3.8, 4) is 0 Å². The smallest absolute Gasteiger partial charge is 0.191 e. The maximum Gasteiger partial charge on any atom is 0.191 e. The summed E-state index contributed by atoms with van der Waals surface area (Å²) in [4.78, 5) is 4.48. The standard InChI is InChI=1S/C14H23N3O3S/c1-2-15-14(16-7-5-13-4-3-8-20-13)17-10-12-6-9-21(18,19)11-12/h3-4,8,12H,2,5-7,9-11H2,1H3,(H2,15,16,17). The number of hydrogen-bond acceptors (Lipinski definition) is 4. The van der Waals surface area contributed by atoms with Crippen LogP contribution in [0.1, 0.15) is 19.1 Å². The first-order valence-electron chi connectivity index (χ1n) is 7.34. The lowest BCUT2D eigenvalue weighted by Gasteiger charge is -2.12. The van der Waals surface area contributed by atoms with Crippen molar-refractivity contribution in [2.75, 3.05) is 31.1 Å². The molecule has 1 aromatic rings. The Morgan fingerprint density at radius 3 is 2.95 bits per heavy atom. The van der Waals surface area contributed by atoms with Gasteiger partial charge in [0.2, 0.25) is 0 Å². The van der Waals surface area contributed by atoms with Crippen molar-refractivity contribution in [1.29, 1.82) is 0 Å². The third-order valence-electron chi connectivity index (χ3n) is 3.42. The summed E-state index contributed by atoms with van der Waals surface area (Å²) in [7, 11) is -2.82. The average Bonchev–Trinajstić information content (AvgIpc) is 3.05. The van der Waals surface area contributed by atoms with Crippen molar-refractivity contribution in [3.05, 3.63) is 24.2 Å². The van der Waals surface area contributed by atoms with Gasteiger partial charge in [-0.2, -0.15) is 0 Å². The Morgan fingerprint density at radius 1 is 1.48 bits per heavy atom. The molecule has 7 heteroatoms. The van der Waals surface area contributed by atoms with Crippen LogP contribution in [0.2, 0.25) is 0 Å². The number of rotatable bonds is 6. The van der Waals surface area contributed by atoms with Gasteiger partial charge in [0.25, 0.3) is 0 Å². The molecule has 6 nitrogen and oxygen atoms in total. The molecule has 1 saturated heterocycles. The van der Waals surface area contributed by atoms with E-state index >= 15 is 0 Å². The molecule has 2 rings (SSSR count). The zero-order chi connectivity index (χ0) is 15.1. The second-order valence-electron chi connectivity index (χ2n) is 5.24. The van der Waals surface area contributed by atoms with E-state index in [0.717, 1.165) is 37.7 Å². The molecule has 0 radical (unpaired) electrons. The van der Waals surface area contributed by atoms with Crippen LogP contribution < -0.4 is 10.6 Å². The third-order valence-corrected chi connectivity index (χ3v) is 5.26. The molecule has 2 N–H and O–H groups in total. The molecule has 0 bridgehead atoms. The van der Waals surface area contributed by atoms with Crippen LogP contribution in [-0.2, 0) is 16.3 Å². The molecule has 0 aromatic carbocycles. The number of nitrogens with zero attached hydrogens (tertiary/aromatic N) is 1. The van der Waals surface area contributed by atoms with Crippen molar-refractivity contribution >= 4 is 15.8 Å². The van der Waals surface area contributed by atoms with Crippen LogP contribution >= 0.6 is 0 Å². The molecule has 21 heavy (non-hydrogen) atoms. The van der Waals surface area contributed by atoms with E-state index in [1.165, 1.54) is 0 Å². The molecule has 0 spiro atoms. The van der Waals surface area contributed by atoms with E-state index in [4.69, 9.17) is 4.42 Å². The summed E-state index contributed by atoms with van der Waals surface area (Å²) in [6.45, 7) is 4.05. The van der Waals surface area contributed by atoms with Crippen LogP contribution in [0, 0.1) is 5.92 Å². The summed E-state index contributed by atoms with van der Waals surface area (Å²) < 4.78 is 28.1. The predicted octanol–water partition coefficient (Wildman–Crippen LogP) is 0.812. The third kappa shape index (κ3) is 5.41. The molecule has 1 aliphatic heterocycles. The van der Waals surface area contributed by atoms with Crippen LogP contribution in [0.5, 0.6) is 0 Å². The van der Waals surface area contributed by atoms with Crippen LogP contribution in [0.25, 0.3) is 0 Å². The molecular formula is C14H23N3O3S. The van der Waals surface area contributed by atoms with Gasteiger partial charge in [0.05, 0.1) is 17.8 Å². The fraction of sp³-hybridized carbons (Fsp3) is 0.643. The molecule has 118 valence electrons. The van der Waals surface area contributed by atoms with E-state index in [9.17, 15) is 8.42 Å². The number of guanidine groups is 1. The lowest BCUT2D eigenvalue weighted by Crippen LogP contribution is -2.38. The van der Waals surface area contributed by atoms with E-state index < -0.39 is 9.84 Å². The minimum atomic E-state index is -2.82. The summed E-state index contributed by atoms with van der Waals surface area (Å²) in [5.41, 5.74) is 0. The highest BCUT2D eigenvalue weighted by Gasteiger charge is 2.27. The zero-order valence-electron chi connectivity index (χ0n) is 12.3. The topological polar surface area (TPSA) is 83.7 Å². The zero-order valence-corrected chi connectivity index (χ0v) is 13.2. The Balaban J connectivity index is 1.78. The quantitative estimate of drug-likeness (QED) is 0.600. The molecule has 0 saturated carbocycles. The van der Waals surface area contributed by atoms with E-state index in [-0.39, 0.29) is 11.7 Å². The van der Waals surface area contributed by atoms with Gasteiger partial charge in [0.15, 0.2) is 15.8 Å². The first kappa shape index (κ1) is 15.9. The lowest BCUT2D eigenvalue weighted by molar-refractivity contribution is 0.506. The SMILES string of the molecule is CCNC(=NCC1CCS(=O)(=O)C1)NCCc1ccco1. The molecule has 1 atom stereocenters.